The van der Waals surface area contributed by atoms with Gasteiger partial charge >= 0.3 is 0 Å². The fourth-order valence-electron chi connectivity index (χ4n) is 3.95. The maximum Gasteiger partial charge on any atom is 0.253 e. The number of halogens is 1. The number of hydrogen-bond acceptors (Lipinski definition) is 2. The number of aryl methyl sites for hydroxylation is 2. The van der Waals surface area contributed by atoms with Crippen LogP contribution in [0.5, 0.6) is 0 Å². The molecule has 2 heterocycles. The first-order valence-corrected chi connectivity index (χ1v) is 8.66. The number of aromatic amines is 1. The summed E-state index contributed by atoms with van der Waals surface area (Å²) in [5.74, 6) is 0.262. The number of carbonyl (C=O) groups is 2. The third-order valence-electron chi connectivity index (χ3n) is 5.38. The summed E-state index contributed by atoms with van der Waals surface area (Å²) in [6.07, 6.45) is 0.738. The van der Waals surface area contributed by atoms with E-state index in [0.717, 1.165) is 17.8 Å². The number of nitrogens with zero attached hydrogens (tertiary/aromatic N) is 1. The van der Waals surface area contributed by atoms with Crippen molar-refractivity contribution in [2.24, 2.45) is 11.3 Å². The van der Waals surface area contributed by atoms with Crippen molar-refractivity contribution in [3.8, 4) is 0 Å². The minimum Gasteiger partial charge on any atom is -0.362 e. The lowest BCUT2D eigenvalue weighted by atomic mass is 9.68. The summed E-state index contributed by atoms with van der Waals surface area (Å²) in [5, 5.41) is 2.97. The van der Waals surface area contributed by atoms with Crippen molar-refractivity contribution >= 4 is 11.8 Å². The van der Waals surface area contributed by atoms with E-state index in [4.69, 9.17) is 0 Å². The van der Waals surface area contributed by atoms with Crippen LogP contribution in [0.2, 0.25) is 0 Å². The lowest BCUT2D eigenvalue weighted by molar-refractivity contribution is -0.149. The van der Waals surface area contributed by atoms with Crippen LogP contribution in [-0.2, 0) is 4.79 Å². The molecule has 0 radical (unpaired) electrons. The molecule has 2 amide bonds. The van der Waals surface area contributed by atoms with Gasteiger partial charge in [-0.2, -0.15) is 0 Å². The van der Waals surface area contributed by atoms with Crippen LogP contribution in [-0.4, -0.2) is 47.5 Å². The van der Waals surface area contributed by atoms with Crippen molar-refractivity contribution in [2.75, 3.05) is 19.6 Å². The Hall–Kier alpha value is -1.85. The Morgan fingerprint density at radius 1 is 1.42 bits per heavy atom. The van der Waals surface area contributed by atoms with E-state index in [9.17, 15) is 14.0 Å². The molecule has 6 heteroatoms. The van der Waals surface area contributed by atoms with Crippen LogP contribution in [0.25, 0.3) is 0 Å². The quantitative estimate of drug-likeness (QED) is 0.887. The molecule has 1 saturated carbocycles. The summed E-state index contributed by atoms with van der Waals surface area (Å²) in [4.78, 5) is 29.7. The average Bonchev–Trinajstić information content (AvgIpc) is 3.09. The second-order valence-electron chi connectivity index (χ2n) is 7.67. The molecule has 0 bridgehead atoms. The standard InChI is InChI=1S/C18H26FN3O2/c1-11-6-15(12(2)21-11)16(23)20-9-13-4-5-22(10-13)17(24)18(3)7-14(19)8-18/h6,13-14,21H,4-5,7-10H2,1-3H3,(H,20,23). The first kappa shape index (κ1) is 17.0. The summed E-state index contributed by atoms with van der Waals surface area (Å²) in [6.45, 7) is 7.58. The van der Waals surface area contributed by atoms with E-state index < -0.39 is 11.6 Å². The van der Waals surface area contributed by atoms with E-state index in [1.165, 1.54) is 0 Å². The van der Waals surface area contributed by atoms with E-state index in [0.29, 0.717) is 38.0 Å². The van der Waals surface area contributed by atoms with Gasteiger partial charge in [0.1, 0.15) is 6.17 Å². The van der Waals surface area contributed by atoms with Gasteiger partial charge in [0, 0.05) is 31.0 Å². The van der Waals surface area contributed by atoms with Crippen molar-refractivity contribution in [2.45, 2.75) is 46.2 Å². The van der Waals surface area contributed by atoms with Crippen LogP contribution in [0.15, 0.2) is 6.07 Å². The van der Waals surface area contributed by atoms with Gasteiger partial charge in [0.2, 0.25) is 5.91 Å². The molecule has 132 valence electrons. The molecule has 1 unspecified atom stereocenters. The zero-order valence-electron chi connectivity index (χ0n) is 14.6. The molecule has 1 aliphatic heterocycles. The molecule has 1 aromatic heterocycles. The highest BCUT2D eigenvalue weighted by Gasteiger charge is 2.49. The molecule has 2 fully saturated rings. The van der Waals surface area contributed by atoms with Gasteiger partial charge < -0.3 is 15.2 Å². The predicted molar refractivity (Wildman–Crippen MR) is 89.5 cm³/mol. The number of aromatic nitrogens is 1. The van der Waals surface area contributed by atoms with Gasteiger partial charge in [0.25, 0.3) is 5.91 Å². The van der Waals surface area contributed by atoms with E-state index in [1.807, 2.05) is 31.7 Å². The van der Waals surface area contributed by atoms with Crippen LogP contribution >= 0.6 is 0 Å². The number of H-pyrrole nitrogens is 1. The maximum atomic E-state index is 13.1. The molecular formula is C18H26FN3O2. The smallest absolute Gasteiger partial charge is 0.253 e. The number of hydrogen-bond donors (Lipinski definition) is 2. The Bertz CT molecular complexity index is 649. The van der Waals surface area contributed by atoms with Crippen molar-refractivity contribution in [3.05, 3.63) is 23.0 Å². The molecule has 24 heavy (non-hydrogen) atoms. The topological polar surface area (TPSA) is 65.2 Å². The fraction of sp³-hybridized carbons (Fsp3) is 0.667. The molecule has 2 aliphatic rings. The van der Waals surface area contributed by atoms with Crippen LogP contribution < -0.4 is 5.32 Å². The Labute approximate surface area is 142 Å². The van der Waals surface area contributed by atoms with Crippen molar-refractivity contribution < 1.29 is 14.0 Å². The van der Waals surface area contributed by atoms with Gasteiger partial charge in [-0.05, 0) is 45.1 Å². The zero-order valence-corrected chi connectivity index (χ0v) is 14.6. The number of likely N-dealkylation sites (tertiary alicyclic amines) is 1. The molecule has 1 aliphatic carbocycles. The van der Waals surface area contributed by atoms with Gasteiger partial charge in [0.05, 0.1) is 11.0 Å². The molecule has 1 aromatic rings. The van der Waals surface area contributed by atoms with Crippen LogP contribution in [0, 0.1) is 25.2 Å². The van der Waals surface area contributed by atoms with Gasteiger partial charge in [-0.1, -0.05) is 6.92 Å². The van der Waals surface area contributed by atoms with Crippen LogP contribution in [0.3, 0.4) is 0 Å². The van der Waals surface area contributed by atoms with E-state index in [1.54, 1.807) is 0 Å². The molecule has 1 saturated heterocycles. The van der Waals surface area contributed by atoms with Gasteiger partial charge in [-0.3, -0.25) is 9.59 Å². The maximum absolute atomic E-state index is 13.1. The van der Waals surface area contributed by atoms with Crippen molar-refractivity contribution in [3.63, 3.8) is 0 Å². The van der Waals surface area contributed by atoms with Crippen LogP contribution in [0.4, 0.5) is 4.39 Å². The predicted octanol–water partition coefficient (Wildman–Crippen LogP) is 2.35. The first-order chi connectivity index (χ1) is 11.3. The second kappa shape index (κ2) is 6.22. The van der Waals surface area contributed by atoms with E-state index in [2.05, 4.69) is 10.3 Å². The molecule has 2 N–H and O–H groups in total. The number of nitrogens with one attached hydrogen (secondary N) is 2. The molecule has 0 aromatic carbocycles. The van der Waals surface area contributed by atoms with E-state index in [-0.39, 0.29) is 17.7 Å². The number of carbonyl (C=O) groups excluding carboxylic acids is 2. The number of rotatable bonds is 4. The second-order valence-corrected chi connectivity index (χ2v) is 7.67. The van der Waals surface area contributed by atoms with Gasteiger partial charge in [-0.25, -0.2) is 4.39 Å². The fourth-order valence-corrected chi connectivity index (χ4v) is 3.95. The Morgan fingerprint density at radius 2 is 2.12 bits per heavy atom. The van der Waals surface area contributed by atoms with E-state index >= 15 is 0 Å². The Kier molecular flexibility index (Phi) is 4.40. The highest BCUT2D eigenvalue weighted by atomic mass is 19.1. The minimum atomic E-state index is -0.829. The molecule has 0 spiro atoms. The van der Waals surface area contributed by atoms with Gasteiger partial charge in [0.15, 0.2) is 0 Å². The highest BCUT2D eigenvalue weighted by molar-refractivity contribution is 5.95. The van der Waals surface area contributed by atoms with Gasteiger partial charge in [-0.15, -0.1) is 0 Å². The summed E-state index contributed by atoms with van der Waals surface area (Å²) in [7, 11) is 0. The lowest BCUT2D eigenvalue weighted by Gasteiger charge is -2.42. The van der Waals surface area contributed by atoms with Crippen molar-refractivity contribution in [1.82, 2.24) is 15.2 Å². The highest BCUT2D eigenvalue weighted by Crippen LogP contribution is 2.44. The normalized spacial score (nSPS) is 29.4. The number of amides is 2. The first-order valence-electron chi connectivity index (χ1n) is 8.66. The summed E-state index contributed by atoms with van der Waals surface area (Å²) >= 11 is 0. The Morgan fingerprint density at radius 3 is 2.71 bits per heavy atom. The molecule has 3 rings (SSSR count). The van der Waals surface area contributed by atoms with Crippen molar-refractivity contribution in [1.29, 1.82) is 0 Å². The molecule has 1 atom stereocenters. The third kappa shape index (κ3) is 3.19. The minimum absolute atomic E-state index is 0.0716. The summed E-state index contributed by atoms with van der Waals surface area (Å²) in [5.41, 5.74) is 1.99. The summed E-state index contributed by atoms with van der Waals surface area (Å²) in [6, 6.07) is 1.85. The summed E-state index contributed by atoms with van der Waals surface area (Å²) < 4.78 is 13.1. The third-order valence-corrected chi connectivity index (χ3v) is 5.38. The monoisotopic (exact) mass is 335 g/mol. The Balaban J connectivity index is 1.49. The molecule has 5 nitrogen and oxygen atoms in total. The molecular weight excluding hydrogens is 309 g/mol. The largest absolute Gasteiger partial charge is 0.362 e. The SMILES string of the molecule is Cc1cc(C(=O)NCC2CCN(C(=O)C3(C)CC(F)C3)C2)c(C)[nH]1. The van der Waals surface area contributed by atoms with Crippen LogP contribution in [0.1, 0.15) is 47.9 Å². The average molecular weight is 335 g/mol. The zero-order chi connectivity index (χ0) is 17.5. The number of alkyl halides is 1. The lowest BCUT2D eigenvalue weighted by Crippen LogP contribution is -2.49.